The molecule has 1 saturated carbocycles. The zero-order chi connectivity index (χ0) is 18.6. The Kier molecular flexibility index (Phi) is 6.28. The van der Waals surface area contributed by atoms with Gasteiger partial charge in [0.2, 0.25) is 0 Å². The fourth-order valence-electron chi connectivity index (χ4n) is 3.38. The lowest BCUT2D eigenvalue weighted by Crippen LogP contribution is -2.36. The van der Waals surface area contributed by atoms with Gasteiger partial charge in [0, 0.05) is 5.69 Å². The van der Waals surface area contributed by atoms with E-state index in [-0.39, 0.29) is 23.1 Å². The van der Waals surface area contributed by atoms with Crippen LogP contribution in [0.4, 0.5) is 5.69 Å². The Bertz CT molecular complexity index is 628. The highest BCUT2D eigenvalue weighted by Crippen LogP contribution is 2.35. The zero-order valence-corrected chi connectivity index (χ0v) is 15.0. The van der Waals surface area contributed by atoms with Gasteiger partial charge in [0.05, 0.1) is 5.56 Å². The summed E-state index contributed by atoms with van der Waals surface area (Å²) in [6.07, 6.45) is 2.88. The van der Waals surface area contributed by atoms with Crippen molar-refractivity contribution in [1.82, 2.24) is 0 Å². The summed E-state index contributed by atoms with van der Waals surface area (Å²) >= 11 is 0. The smallest absolute Gasteiger partial charge is 0.344 e. The first-order valence-electron chi connectivity index (χ1n) is 8.73. The van der Waals surface area contributed by atoms with Crippen LogP contribution in [0.25, 0.3) is 0 Å². The second-order valence-electron chi connectivity index (χ2n) is 7.20. The molecule has 2 rings (SSSR count). The maximum atomic E-state index is 12.1. The van der Waals surface area contributed by atoms with Crippen LogP contribution < -0.4 is 5.73 Å². The van der Waals surface area contributed by atoms with Crippen molar-refractivity contribution in [3.8, 4) is 5.75 Å². The topological polar surface area (TPSA) is 98.8 Å². The zero-order valence-electron chi connectivity index (χ0n) is 15.0. The van der Waals surface area contributed by atoms with E-state index in [4.69, 9.17) is 15.2 Å². The molecule has 3 atom stereocenters. The predicted molar refractivity (Wildman–Crippen MR) is 94.0 cm³/mol. The Morgan fingerprint density at radius 2 is 2.04 bits per heavy atom. The van der Waals surface area contributed by atoms with Crippen molar-refractivity contribution in [2.75, 3.05) is 12.3 Å². The van der Waals surface area contributed by atoms with E-state index in [1.807, 2.05) is 0 Å². The minimum atomic E-state index is -0.761. The van der Waals surface area contributed by atoms with Gasteiger partial charge in [-0.25, -0.2) is 9.59 Å². The number of hydrogen-bond acceptors (Lipinski definition) is 6. The molecule has 1 aliphatic carbocycles. The molecule has 6 heteroatoms. The first-order valence-corrected chi connectivity index (χ1v) is 8.73. The highest BCUT2D eigenvalue weighted by Gasteiger charge is 2.33. The number of carbonyl (C=O) groups excluding carboxylic acids is 2. The molecule has 0 heterocycles. The third kappa shape index (κ3) is 5.11. The Morgan fingerprint density at radius 1 is 1.32 bits per heavy atom. The molecule has 138 valence electrons. The van der Waals surface area contributed by atoms with Crippen LogP contribution in [0.1, 0.15) is 50.4 Å². The van der Waals surface area contributed by atoms with Gasteiger partial charge in [0.15, 0.2) is 6.61 Å². The molecule has 0 amide bonds. The van der Waals surface area contributed by atoms with Crippen molar-refractivity contribution in [1.29, 1.82) is 0 Å². The first kappa shape index (κ1) is 19.1. The second kappa shape index (κ2) is 8.23. The van der Waals surface area contributed by atoms with Crippen molar-refractivity contribution in [2.24, 2.45) is 17.8 Å². The number of carbonyl (C=O) groups is 2. The minimum absolute atomic E-state index is 0.0270. The molecule has 25 heavy (non-hydrogen) atoms. The van der Waals surface area contributed by atoms with E-state index in [1.165, 1.54) is 18.2 Å². The van der Waals surface area contributed by atoms with E-state index in [2.05, 4.69) is 20.8 Å². The maximum Gasteiger partial charge on any atom is 0.344 e. The van der Waals surface area contributed by atoms with E-state index < -0.39 is 18.5 Å². The SMILES string of the molecule is CC(C)[C@H]1CC[C@H](C)C[C@H]1OC(=O)COC(=O)c1cc(O)ccc1N. The summed E-state index contributed by atoms with van der Waals surface area (Å²) in [5, 5.41) is 9.43. The Hall–Kier alpha value is -2.24. The molecule has 0 saturated heterocycles. The lowest BCUT2D eigenvalue weighted by atomic mass is 9.75. The summed E-state index contributed by atoms with van der Waals surface area (Å²) in [5.74, 6) is -0.140. The molecular formula is C19H27NO5. The fourth-order valence-corrected chi connectivity index (χ4v) is 3.38. The van der Waals surface area contributed by atoms with Gasteiger partial charge in [-0.15, -0.1) is 0 Å². The van der Waals surface area contributed by atoms with E-state index in [0.29, 0.717) is 17.8 Å². The second-order valence-corrected chi connectivity index (χ2v) is 7.20. The number of aromatic hydroxyl groups is 1. The summed E-state index contributed by atoms with van der Waals surface area (Å²) < 4.78 is 10.6. The van der Waals surface area contributed by atoms with Crippen LogP contribution in [-0.2, 0) is 14.3 Å². The quantitative estimate of drug-likeness (QED) is 0.481. The van der Waals surface area contributed by atoms with Crippen LogP contribution in [0.5, 0.6) is 5.75 Å². The van der Waals surface area contributed by atoms with Crippen LogP contribution >= 0.6 is 0 Å². The average molecular weight is 349 g/mol. The Labute approximate surface area is 148 Å². The summed E-state index contributed by atoms with van der Waals surface area (Å²) in [6.45, 7) is 5.95. The number of rotatable bonds is 5. The normalized spacial score (nSPS) is 23.3. The number of benzene rings is 1. The molecule has 3 N–H and O–H groups in total. The van der Waals surface area contributed by atoms with Gasteiger partial charge in [-0.05, 0) is 48.8 Å². The van der Waals surface area contributed by atoms with Crippen LogP contribution in [0.2, 0.25) is 0 Å². The molecule has 0 aromatic heterocycles. The average Bonchev–Trinajstić information content (AvgIpc) is 2.54. The molecule has 6 nitrogen and oxygen atoms in total. The number of anilines is 1. The number of esters is 2. The van der Waals surface area contributed by atoms with Gasteiger partial charge in [-0.2, -0.15) is 0 Å². The summed E-state index contributed by atoms with van der Waals surface area (Å²) in [7, 11) is 0. The van der Waals surface area contributed by atoms with Crippen molar-refractivity contribution in [3.63, 3.8) is 0 Å². The molecule has 1 aromatic carbocycles. The lowest BCUT2D eigenvalue weighted by molar-refractivity contribution is -0.159. The predicted octanol–water partition coefficient (Wildman–Crippen LogP) is 3.14. The highest BCUT2D eigenvalue weighted by molar-refractivity contribution is 5.96. The van der Waals surface area contributed by atoms with E-state index >= 15 is 0 Å². The monoisotopic (exact) mass is 349 g/mol. The van der Waals surface area contributed by atoms with Crippen molar-refractivity contribution < 1.29 is 24.2 Å². The third-order valence-electron chi connectivity index (χ3n) is 4.82. The number of hydrogen-bond donors (Lipinski definition) is 2. The third-order valence-corrected chi connectivity index (χ3v) is 4.82. The number of phenols is 1. The molecule has 0 aliphatic heterocycles. The first-order chi connectivity index (χ1) is 11.8. The molecule has 0 unspecified atom stereocenters. The standard InChI is InChI=1S/C19H27NO5/c1-11(2)14-6-4-12(3)8-17(14)25-18(22)10-24-19(23)15-9-13(21)5-7-16(15)20/h5,7,9,11-12,14,17,21H,4,6,8,10,20H2,1-3H3/t12-,14+,17+/m0/s1. The molecule has 0 bridgehead atoms. The van der Waals surface area contributed by atoms with E-state index in [9.17, 15) is 14.7 Å². The molecule has 1 aromatic rings. The molecule has 1 aliphatic rings. The minimum Gasteiger partial charge on any atom is -0.508 e. The van der Waals surface area contributed by atoms with Gasteiger partial charge < -0.3 is 20.3 Å². The van der Waals surface area contributed by atoms with Gasteiger partial charge in [-0.3, -0.25) is 0 Å². The summed E-state index contributed by atoms with van der Waals surface area (Å²) in [5.41, 5.74) is 5.89. The van der Waals surface area contributed by atoms with Crippen LogP contribution in [0, 0.1) is 17.8 Å². The maximum absolute atomic E-state index is 12.1. The number of nitrogen functional groups attached to an aromatic ring is 1. The van der Waals surface area contributed by atoms with Crippen LogP contribution in [-0.4, -0.2) is 29.8 Å². The van der Waals surface area contributed by atoms with Crippen LogP contribution in [0.15, 0.2) is 18.2 Å². The Morgan fingerprint density at radius 3 is 2.72 bits per heavy atom. The number of ether oxygens (including phenoxy) is 2. The molecule has 0 radical (unpaired) electrons. The van der Waals surface area contributed by atoms with Gasteiger partial charge in [0.1, 0.15) is 11.9 Å². The Balaban J connectivity index is 1.91. The summed E-state index contributed by atoms with van der Waals surface area (Å²) in [6, 6.07) is 3.98. The summed E-state index contributed by atoms with van der Waals surface area (Å²) in [4.78, 5) is 24.1. The number of nitrogens with two attached hydrogens (primary N) is 1. The van der Waals surface area contributed by atoms with E-state index in [0.717, 1.165) is 19.3 Å². The molecular weight excluding hydrogens is 322 g/mol. The van der Waals surface area contributed by atoms with Gasteiger partial charge in [0.25, 0.3) is 0 Å². The highest BCUT2D eigenvalue weighted by atomic mass is 16.6. The van der Waals surface area contributed by atoms with Crippen LogP contribution in [0.3, 0.4) is 0 Å². The molecule has 0 spiro atoms. The van der Waals surface area contributed by atoms with Crippen molar-refractivity contribution in [3.05, 3.63) is 23.8 Å². The molecule has 1 fully saturated rings. The number of phenolic OH excluding ortho intramolecular Hbond substituents is 1. The van der Waals surface area contributed by atoms with E-state index in [1.54, 1.807) is 0 Å². The lowest BCUT2D eigenvalue weighted by Gasteiger charge is -2.36. The van der Waals surface area contributed by atoms with Gasteiger partial charge in [-0.1, -0.05) is 27.2 Å². The fraction of sp³-hybridized carbons (Fsp3) is 0.579. The largest absolute Gasteiger partial charge is 0.508 e. The van der Waals surface area contributed by atoms with Crippen molar-refractivity contribution >= 4 is 17.6 Å². The van der Waals surface area contributed by atoms with Gasteiger partial charge >= 0.3 is 11.9 Å². The van der Waals surface area contributed by atoms with Crippen molar-refractivity contribution in [2.45, 2.75) is 46.1 Å².